The first-order valence-electron chi connectivity index (χ1n) is 14.6. The van der Waals surface area contributed by atoms with E-state index in [9.17, 15) is 19.2 Å². The minimum atomic E-state index is -1.05. The summed E-state index contributed by atoms with van der Waals surface area (Å²) in [6.45, 7) is 1.31. The maximum absolute atomic E-state index is 13.4. The molecule has 0 fully saturated rings. The molecule has 252 valence electrons. The quantitative estimate of drug-likeness (QED) is 0.0586. The Labute approximate surface area is 273 Å². The van der Waals surface area contributed by atoms with Crippen LogP contribution in [0.4, 0.5) is 0 Å². The van der Waals surface area contributed by atoms with Crippen molar-refractivity contribution in [1.82, 2.24) is 16.0 Å². The predicted octanol–water partition coefficient (Wildman–Crippen LogP) is -0.364. The topological polar surface area (TPSA) is 258 Å². The van der Waals surface area contributed by atoms with Gasteiger partial charge in [0.1, 0.15) is 18.1 Å². The van der Waals surface area contributed by atoms with E-state index in [1.807, 2.05) is 66.9 Å². The summed E-state index contributed by atoms with van der Waals surface area (Å²) >= 11 is 1.51. The second-order valence-corrected chi connectivity index (χ2v) is 11.3. The highest BCUT2D eigenvalue weighted by atomic mass is 32.2. The lowest BCUT2D eigenvalue weighted by Gasteiger charge is -2.25. The van der Waals surface area contributed by atoms with E-state index in [0.29, 0.717) is 25.0 Å². The number of amides is 4. The van der Waals surface area contributed by atoms with Crippen molar-refractivity contribution in [1.29, 1.82) is 0 Å². The number of nitrogens with one attached hydrogen (secondary N) is 3. The van der Waals surface area contributed by atoms with Gasteiger partial charge in [-0.1, -0.05) is 60.7 Å². The monoisotopic (exact) mass is 658 g/mol. The molecule has 0 unspecified atom stereocenters. The maximum atomic E-state index is 13.4. The molecule has 0 aromatic heterocycles. The number of primary amides is 1. The number of carboxylic acids is 1. The fourth-order valence-corrected chi connectivity index (χ4v) is 4.60. The van der Waals surface area contributed by atoms with Crippen LogP contribution < -0.4 is 38.9 Å². The molecular weight excluding hydrogens is 612 g/mol. The lowest BCUT2D eigenvalue weighted by molar-refractivity contribution is -0.134. The summed E-state index contributed by atoms with van der Waals surface area (Å²) in [5.41, 5.74) is 24.2. The fraction of sp³-hybridized carbons (Fsp3) is 0.419. The van der Waals surface area contributed by atoms with E-state index in [1.54, 1.807) is 0 Å². The fourth-order valence-electron chi connectivity index (χ4n) is 4.13. The molecule has 0 aliphatic carbocycles. The van der Waals surface area contributed by atoms with Gasteiger partial charge in [0.05, 0.1) is 6.04 Å². The Bertz CT molecular complexity index is 1270. The van der Waals surface area contributed by atoms with Crippen LogP contribution >= 0.6 is 11.8 Å². The summed E-state index contributed by atoms with van der Waals surface area (Å²) in [6.07, 6.45) is 3.21. The van der Waals surface area contributed by atoms with Crippen molar-refractivity contribution < 1.29 is 29.1 Å². The molecule has 14 nitrogen and oxygen atoms in total. The van der Waals surface area contributed by atoms with Gasteiger partial charge in [-0.15, -0.1) is 0 Å². The number of thioether (sulfide) groups is 1. The lowest BCUT2D eigenvalue weighted by Crippen LogP contribution is -2.58. The van der Waals surface area contributed by atoms with Crippen LogP contribution in [0.25, 0.3) is 0 Å². The van der Waals surface area contributed by atoms with Crippen molar-refractivity contribution in [3.63, 3.8) is 0 Å². The van der Waals surface area contributed by atoms with Crippen molar-refractivity contribution in [2.24, 2.45) is 27.9 Å². The summed E-state index contributed by atoms with van der Waals surface area (Å²) in [5, 5.41) is 15.6. The number of hydrogen-bond donors (Lipinski definition) is 8. The van der Waals surface area contributed by atoms with Crippen molar-refractivity contribution >= 4 is 47.3 Å². The molecular formula is C31H46N8O6S. The van der Waals surface area contributed by atoms with Crippen LogP contribution in [-0.4, -0.2) is 83.4 Å². The van der Waals surface area contributed by atoms with Crippen LogP contribution in [0, 0.1) is 0 Å². The van der Waals surface area contributed by atoms with E-state index in [2.05, 4.69) is 20.9 Å². The van der Waals surface area contributed by atoms with Gasteiger partial charge >= 0.3 is 0 Å². The van der Waals surface area contributed by atoms with Gasteiger partial charge in [0, 0.05) is 19.9 Å². The third-order valence-corrected chi connectivity index (χ3v) is 7.04. The number of carbonyl (C=O) groups excluding carboxylic acids is 4. The zero-order valence-electron chi connectivity index (χ0n) is 26.2. The number of nitrogens with zero attached hydrogens (tertiary/aromatic N) is 1. The van der Waals surface area contributed by atoms with Crippen molar-refractivity contribution in [3.8, 4) is 0 Å². The molecule has 4 atom stereocenters. The summed E-state index contributed by atoms with van der Waals surface area (Å²) < 4.78 is 0. The predicted molar refractivity (Wildman–Crippen MR) is 179 cm³/mol. The summed E-state index contributed by atoms with van der Waals surface area (Å²) in [5.74, 6) is -2.69. The Balaban J connectivity index is 0.00000249. The molecule has 2 rings (SSSR count). The molecule has 15 heteroatoms. The number of aliphatic carboxylic acids is 1. The van der Waals surface area contributed by atoms with Gasteiger partial charge in [-0.3, -0.25) is 29.0 Å². The van der Waals surface area contributed by atoms with Gasteiger partial charge < -0.3 is 44.0 Å². The van der Waals surface area contributed by atoms with Gasteiger partial charge in [0.15, 0.2) is 5.96 Å². The Morgan fingerprint density at radius 2 is 1.22 bits per heavy atom. The number of guanidine groups is 1. The third kappa shape index (κ3) is 17.0. The van der Waals surface area contributed by atoms with Gasteiger partial charge in [0.25, 0.3) is 5.97 Å². The van der Waals surface area contributed by atoms with E-state index < -0.39 is 53.8 Å². The van der Waals surface area contributed by atoms with Crippen LogP contribution in [0.1, 0.15) is 37.3 Å². The zero-order chi connectivity index (χ0) is 34.5. The smallest absolute Gasteiger partial charge is 0.300 e. The molecule has 46 heavy (non-hydrogen) atoms. The van der Waals surface area contributed by atoms with Gasteiger partial charge in [0.2, 0.25) is 23.6 Å². The molecule has 0 heterocycles. The van der Waals surface area contributed by atoms with Crippen LogP contribution in [0.5, 0.6) is 0 Å². The number of rotatable bonds is 18. The van der Waals surface area contributed by atoms with Crippen molar-refractivity contribution in [2.75, 3.05) is 18.6 Å². The highest BCUT2D eigenvalue weighted by Gasteiger charge is 2.30. The molecule has 0 spiro atoms. The number of aliphatic imine (C=N–C) groups is 1. The average Bonchev–Trinajstić information content (AvgIpc) is 3.00. The molecule has 0 radical (unpaired) electrons. The molecule has 0 saturated carbocycles. The first-order chi connectivity index (χ1) is 21.8. The maximum Gasteiger partial charge on any atom is 0.300 e. The SMILES string of the molecule is CC(=O)O.CSCC[C@H](NC(=O)[C@@H](N)Cc1ccccc1)C(=O)N[C@@H](CCCN=C(N)N)C(=O)N[C@@H](Cc1ccccc1)C(N)=O. The molecule has 12 N–H and O–H groups in total. The molecule has 4 amide bonds. The molecule has 0 aliphatic rings. The van der Waals surface area contributed by atoms with Gasteiger partial charge in [-0.05, 0) is 48.8 Å². The standard InChI is InChI=1S/C29H42N8O4S.C2H4O2/c1-42-16-14-23(35-26(39)21(30)17-19-9-4-2-5-10-19)28(41)36-22(13-8-15-34-29(32)33)27(40)37-24(25(31)38)18-20-11-6-3-7-12-20;1-2(3)4/h2-7,9-12,21-24H,8,13-18,30H2,1H3,(H2,31,38)(H,35,39)(H,36,41)(H,37,40)(H4,32,33,34);1H3,(H,3,4)/t21-,22-,23-,24-;/m0./s1. The number of carboxylic acid groups (broad SMARTS) is 1. The highest BCUT2D eigenvalue weighted by molar-refractivity contribution is 7.98. The summed E-state index contributed by atoms with van der Waals surface area (Å²) in [7, 11) is 0. The first kappa shape index (κ1) is 39.4. The van der Waals surface area contributed by atoms with Crippen LogP contribution in [-0.2, 0) is 36.8 Å². The second kappa shape index (κ2) is 22.0. The van der Waals surface area contributed by atoms with Crippen molar-refractivity contribution in [2.45, 2.75) is 63.2 Å². The van der Waals surface area contributed by atoms with Crippen LogP contribution in [0.3, 0.4) is 0 Å². The van der Waals surface area contributed by atoms with E-state index in [0.717, 1.165) is 18.1 Å². The number of benzene rings is 2. The normalized spacial score (nSPS) is 12.9. The van der Waals surface area contributed by atoms with E-state index in [1.165, 1.54) is 11.8 Å². The van der Waals surface area contributed by atoms with Crippen LogP contribution in [0.2, 0.25) is 0 Å². The molecule has 0 bridgehead atoms. The average molecular weight is 659 g/mol. The Morgan fingerprint density at radius 1 is 0.761 bits per heavy atom. The molecule has 0 aliphatic heterocycles. The van der Waals surface area contributed by atoms with E-state index >= 15 is 0 Å². The Morgan fingerprint density at radius 3 is 1.70 bits per heavy atom. The second-order valence-electron chi connectivity index (χ2n) is 10.3. The minimum absolute atomic E-state index is 0.0941. The largest absolute Gasteiger partial charge is 0.481 e. The van der Waals surface area contributed by atoms with E-state index in [4.69, 9.17) is 32.8 Å². The highest BCUT2D eigenvalue weighted by Crippen LogP contribution is 2.08. The molecule has 2 aromatic carbocycles. The number of carbonyl (C=O) groups is 5. The minimum Gasteiger partial charge on any atom is -0.481 e. The summed E-state index contributed by atoms with van der Waals surface area (Å²) in [6, 6.07) is 14.6. The van der Waals surface area contributed by atoms with Crippen molar-refractivity contribution in [3.05, 3.63) is 71.8 Å². The van der Waals surface area contributed by atoms with E-state index in [-0.39, 0.29) is 25.3 Å². The molecule has 0 saturated heterocycles. The van der Waals surface area contributed by atoms with Gasteiger partial charge in [-0.25, -0.2) is 0 Å². The lowest BCUT2D eigenvalue weighted by atomic mass is 10.0. The number of hydrogen-bond acceptors (Lipinski definition) is 8. The Hall–Kier alpha value is -4.63. The summed E-state index contributed by atoms with van der Waals surface area (Å²) in [4.78, 5) is 64.8. The number of nitrogens with two attached hydrogens (primary N) is 4. The van der Waals surface area contributed by atoms with Gasteiger partial charge in [-0.2, -0.15) is 11.8 Å². The zero-order valence-corrected chi connectivity index (χ0v) is 27.0. The molecule has 2 aromatic rings. The Kier molecular flexibility index (Phi) is 18.8. The first-order valence-corrected chi connectivity index (χ1v) is 16.0. The third-order valence-electron chi connectivity index (χ3n) is 6.40. The van der Waals surface area contributed by atoms with Crippen LogP contribution in [0.15, 0.2) is 65.7 Å².